The predicted molar refractivity (Wildman–Crippen MR) is 104 cm³/mol. The Labute approximate surface area is 156 Å². The first-order chi connectivity index (χ1) is 12.7. The maximum atomic E-state index is 6.08. The highest BCUT2D eigenvalue weighted by atomic mass is 35.5. The number of anilines is 2. The van der Waals surface area contributed by atoms with Gasteiger partial charge < -0.3 is 10.1 Å². The SMILES string of the molecule is COc1ccc(Cn2nc(Nc3cccc(Cl)c3)c3ccncc32)cc1. The van der Waals surface area contributed by atoms with Crippen LogP contribution in [0.3, 0.4) is 0 Å². The molecule has 0 unspecified atom stereocenters. The van der Waals surface area contributed by atoms with Crippen LogP contribution < -0.4 is 10.1 Å². The Morgan fingerprint density at radius 1 is 1.12 bits per heavy atom. The van der Waals surface area contributed by atoms with E-state index in [1.165, 1.54) is 0 Å². The van der Waals surface area contributed by atoms with Crippen LogP contribution in [0.2, 0.25) is 5.02 Å². The van der Waals surface area contributed by atoms with Gasteiger partial charge in [-0.15, -0.1) is 0 Å². The first-order valence-electron chi connectivity index (χ1n) is 8.19. The number of aromatic nitrogens is 3. The minimum Gasteiger partial charge on any atom is -0.497 e. The van der Waals surface area contributed by atoms with Crippen LogP contribution in [-0.4, -0.2) is 21.9 Å². The molecule has 0 radical (unpaired) electrons. The molecule has 4 aromatic rings. The van der Waals surface area contributed by atoms with E-state index in [-0.39, 0.29) is 0 Å². The summed E-state index contributed by atoms with van der Waals surface area (Å²) in [5, 5.41) is 9.78. The first-order valence-corrected chi connectivity index (χ1v) is 8.57. The average molecular weight is 365 g/mol. The number of hydrogen-bond donors (Lipinski definition) is 1. The molecule has 0 aliphatic rings. The quantitative estimate of drug-likeness (QED) is 0.548. The van der Waals surface area contributed by atoms with Crippen LogP contribution in [0.1, 0.15) is 5.56 Å². The fraction of sp³-hybridized carbons (Fsp3) is 0.100. The number of nitrogens with one attached hydrogen (secondary N) is 1. The fourth-order valence-corrected chi connectivity index (χ4v) is 3.03. The zero-order valence-electron chi connectivity index (χ0n) is 14.2. The van der Waals surface area contributed by atoms with Gasteiger partial charge in [-0.1, -0.05) is 29.8 Å². The van der Waals surface area contributed by atoms with Gasteiger partial charge >= 0.3 is 0 Å². The lowest BCUT2D eigenvalue weighted by molar-refractivity contribution is 0.414. The lowest BCUT2D eigenvalue weighted by Crippen LogP contribution is -2.02. The Morgan fingerprint density at radius 2 is 1.96 bits per heavy atom. The van der Waals surface area contributed by atoms with Crippen molar-refractivity contribution in [1.29, 1.82) is 0 Å². The van der Waals surface area contributed by atoms with Gasteiger partial charge in [0.15, 0.2) is 5.82 Å². The Kier molecular flexibility index (Phi) is 4.46. The van der Waals surface area contributed by atoms with Crippen molar-refractivity contribution in [2.24, 2.45) is 0 Å². The zero-order chi connectivity index (χ0) is 17.9. The fourth-order valence-electron chi connectivity index (χ4n) is 2.84. The third kappa shape index (κ3) is 3.34. The minimum absolute atomic E-state index is 0.642. The molecule has 0 saturated heterocycles. The summed E-state index contributed by atoms with van der Waals surface area (Å²) in [7, 11) is 1.66. The summed E-state index contributed by atoms with van der Waals surface area (Å²) in [5.74, 6) is 1.61. The van der Waals surface area contributed by atoms with Gasteiger partial charge in [-0.25, -0.2) is 0 Å². The van der Waals surface area contributed by atoms with E-state index in [1.807, 2.05) is 65.5 Å². The highest BCUT2D eigenvalue weighted by molar-refractivity contribution is 6.30. The molecule has 0 atom stereocenters. The second-order valence-corrected chi connectivity index (χ2v) is 6.32. The number of nitrogens with zero attached hydrogens (tertiary/aromatic N) is 3. The van der Waals surface area contributed by atoms with E-state index in [2.05, 4.69) is 10.3 Å². The van der Waals surface area contributed by atoms with E-state index < -0.39 is 0 Å². The number of hydrogen-bond acceptors (Lipinski definition) is 4. The van der Waals surface area contributed by atoms with Gasteiger partial charge in [0.2, 0.25) is 0 Å². The second kappa shape index (κ2) is 7.06. The van der Waals surface area contributed by atoms with E-state index in [9.17, 15) is 0 Å². The van der Waals surface area contributed by atoms with Crippen molar-refractivity contribution in [3.05, 3.63) is 77.6 Å². The number of ether oxygens (including phenoxy) is 1. The van der Waals surface area contributed by atoms with Crippen LogP contribution in [0.5, 0.6) is 5.75 Å². The molecule has 130 valence electrons. The molecule has 5 nitrogen and oxygen atoms in total. The number of halogens is 1. The van der Waals surface area contributed by atoms with Crippen LogP contribution >= 0.6 is 11.6 Å². The van der Waals surface area contributed by atoms with Gasteiger partial charge in [0.1, 0.15) is 5.75 Å². The van der Waals surface area contributed by atoms with Crippen LogP contribution in [0.25, 0.3) is 10.9 Å². The summed E-state index contributed by atoms with van der Waals surface area (Å²) in [6.07, 6.45) is 3.60. The van der Waals surface area contributed by atoms with Crippen molar-refractivity contribution in [3.8, 4) is 5.75 Å². The maximum absolute atomic E-state index is 6.08. The van der Waals surface area contributed by atoms with E-state index in [4.69, 9.17) is 21.4 Å². The Hall–Kier alpha value is -3.05. The molecule has 0 bridgehead atoms. The molecule has 2 aromatic carbocycles. The monoisotopic (exact) mass is 364 g/mol. The van der Waals surface area contributed by atoms with Crippen LogP contribution in [0, 0.1) is 0 Å². The van der Waals surface area contributed by atoms with Crippen molar-refractivity contribution in [2.75, 3.05) is 12.4 Å². The largest absolute Gasteiger partial charge is 0.497 e. The maximum Gasteiger partial charge on any atom is 0.160 e. The smallest absolute Gasteiger partial charge is 0.160 e. The van der Waals surface area contributed by atoms with Crippen molar-refractivity contribution in [2.45, 2.75) is 6.54 Å². The second-order valence-electron chi connectivity index (χ2n) is 5.88. The molecule has 2 heterocycles. The zero-order valence-corrected chi connectivity index (χ0v) is 14.9. The summed E-state index contributed by atoms with van der Waals surface area (Å²) in [5.41, 5.74) is 2.99. The van der Waals surface area contributed by atoms with Crippen molar-refractivity contribution in [3.63, 3.8) is 0 Å². The lowest BCUT2D eigenvalue weighted by atomic mass is 10.2. The molecular weight excluding hydrogens is 348 g/mol. The lowest BCUT2D eigenvalue weighted by Gasteiger charge is -2.05. The molecule has 26 heavy (non-hydrogen) atoms. The number of fused-ring (bicyclic) bond motifs is 1. The van der Waals surface area contributed by atoms with E-state index in [0.29, 0.717) is 11.6 Å². The van der Waals surface area contributed by atoms with Crippen LogP contribution in [-0.2, 0) is 6.54 Å². The van der Waals surface area contributed by atoms with Gasteiger partial charge in [-0.3, -0.25) is 9.67 Å². The molecule has 0 amide bonds. The molecular formula is C20H17ClN4O. The Bertz CT molecular complexity index is 1040. The third-order valence-corrected chi connectivity index (χ3v) is 4.37. The van der Waals surface area contributed by atoms with E-state index >= 15 is 0 Å². The molecule has 0 aliphatic heterocycles. The minimum atomic E-state index is 0.642. The van der Waals surface area contributed by atoms with Gasteiger partial charge in [0.25, 0.3) is 0 Å². The van der Waals surface area contributed by atoms with E-state index in [0.717, 1.165) is 33.7 Å². The Morgan fingerprint density at radius 3 is 2.73 bits per heavy atom. The van der Waals surface area contributed by atoms with Gasteiger partial charge in [0.05, 0.1) is 25.4 Å². The third-order valence-electron chi connectivity index (χ3n) is 4.13. The summed E-state index contributed by atoms with van der Waals surface area (Å²) in [4.78, 5) is 4.25. The summed E-state index contributed by atoms with van der Waals surface area (Å²) >= 11 is 6.08. The number of methoxy groups -OCH3 is 1. The first kappa shape index (κ1) is 16.4. The van der Waals surface area contributed by atoms with Gasteiger partial charge in [0, 0.05) is 22.3 Å². The van der Waals surface area contributed by atoms with Crippen molar-refractivity contribution in [1.82, 2.24) is 14.8 Å². The topological polar surface area (TPSA) is 52.0 Å². The molecule has 0 saturated carbocycles. The summed E-state index contributed by atoms with van der Waals surface area (Å²) in [6.45, 7) is 0.642. The molecule has 0 aliphatic carbocycles. The summed E-state index contributed by atoms with van der Waals surface area (Å²) < 4.78 is 7.16. The van der Waals surface area contributed by atoms with Crippen LogP contribution in [0.4, 0.5) is 11.5 Å². The van der Waals surface area contributed by atoms with Crippen molar-refractivity contribution < 1.29 is 4.74 Å². The average Bonchev–Trinajstić information content (AvgIpc) is 3.00. The molecule has 0 spiro atoms. The molecule has 1 N–H and O–H groups in total. The normalized spacial score (nSPS) is 10.8. The highest BCUT2D eigenvalue weighted by Crippen LogP contribution is 2.27. The van der Waals surface area contributed by atoms with Crippen LogP contribution in [0.15, 0.2) is 67.0 Å². The molecule has 4 rings (SSSR count). The predicted octanol–water partition coefficient (Wildman–Crippen LogP) is 4.89. The Balaban J connectivity index is 1.69. The van der Waals surface area contributed by atoms with E-state index in [1.54, 1.807) is 13.3 Å². The standard InChI is InChI=1S/C20H17ClN4O/c1-26-17-7-5-14(6-8-17)13-25-19-12-22-10-9-18(19)20(24-25)23-16-4-2-3-15(21)11-16/h2-12H,13H2,1H3,(H,23,24). The number of pyridine rings is 1. The number of benzene rings is 2. The molecule has 2 aromatic heterocycles. The summed E-state index contributed by atoms with van der Waals surface area (Å²) in [6, 6.07) is 17.5. The van der Waals surface area contributed by atoms with Gasteiger partial charge in [-0.2, -0.15) is 5.10 Å². The highest BCUT2D eigenvalue weighted by Gasteiger charge is 2.11. The van der Waals surface area contributed by atoms with Gasteiger partial charge in [-0.05, 0) is 42.0 Å². The number of rotatable bonds is 5. The molecule has 0 fully saturated rings. The van der Waals surface area contributed by atoms with Crippen molar-refractivity contribution >= 4 is 34.0 Å². The molecule has 6 heteroatoms.